The minimum atomic E-state index is -0.0667. The lowest BCUT2D eigenvalue weighted by Crippen LogP contribution is -2.22. The molecule has 0 amide bonds. The van der Waals surface area contributed by atoms with Gasteiger partial charge < -0.3 is 5.32 Å². The molecule has 1 aromatic carbocycles. The summed E-state index contributed by atoms with van der Waals surface area (Å²) in [6, 6.07) is 5.62. The molecule has 1 fully saturated rings. The van der Waals surface area contributed by atoms with E-state index >= 15 is 0 Å². The molecule has 1 nitrogen and oxygen atoms in total. The number of nitrogens with one attached hydrogen (secondary N) is 1. The third kappa shape index (κ3) is 4.04. The van der Waals surface area contributed by atoms with Gasteiger partial charge in [-0.05, 0) is 38.3 Å². The van der Waals surface area contributed by atoms with Crippen molar-refractivity contribution in [3.05, 3.63) is 35.1 Å². The number of benzene rings is 1. The fourth-order valence-electron chi connectivity index (χ4n) is 3.25. The highest BCUT2D eigenvalue weighted by atomic mass is 19.1. The molecule has 1 N–H and O–H groups in total. The molecule has 0 saturated heterocycles. The number of rotatable bonds is 6. The van der Waals surface area contributed by atoms with Gasteiger partial charge in [0.2, 0.25) is 0 Å². The first-order valence-corrected chi connectivity index (χ1v) is 7.70. The van der Waals surface area contributed by atoms with Gasteiger partial charge in [-0.1, -0.05) is 50.3 Å². The van der Waals surface area contributed by atoms with E-state index in [2.05, 4.69) is 12.2 Å². The van der Waals surface area contributed by atoms with E-state index in [4.69, 9.17) is 0 Å². The zero-order valence-corrected chi connectivity index (χ0v) is 12.2. The molecular formula is C17H26FN. The van der Waals surface area contributed by atoms with Crippen LogP contribution in [0.5, 0.6) is 0 Å². The van der Waals surface area contributed by atoms with E-state index in [0.717, 1.165) is 30.0 Å². The van der Waals surface area contributed by atoms with E-state index in [9.17, 15) is 4.39 Å². The van der Waals surface area contributed by atoms with Crippen LogP contribution in [0.2, 0.25) is 0 Å². The van der Waals surface area contributed by atoms with Crippen molar-refractivity contribution in [3.8, 4) is 0 Å². The van der Waals surface area contributed by atoms with E-state index in [-0.39, 0.29) is 11.9 Å². The van der Waals surface area contributed by atoms with Crippen LogP contribution in [-0.4, -0.2) is 6.54 Å². The van der Waals surface area contributed by atoms with Crippen LogP contribution < -0.4 is 5.32 Å². The first-order valence-electron chi connectivity index (χ1n) is 7.70. The molecule has 1 atom stereocenters. The second kappa shape index (κ2) is 7.04. The molecule has 106 valence electrons. The van der Waals surface area contributed by atoms with Crippen molar-refractivity contribution in [3.63, 3.8) is 0 Å². The minimum absolute atomic E-state index is 0.0667. The third-order valence-electron chi connectivity index (χ3n) is 4.32. The Morgan fingerprint density at radius 2 is 2.05 bits per heavy atom. The van der Waals surface area contributed by atoms with E-state index in [1.807, 2.05) is 19.1 Å². The molecule has 0 heterocycles. The standard InChI is InChI=1S/C17H26FN/c1-3-19-17(11-9-14-6-4-5-7-14)15-12-13(2)8-10-16(15)18/h8,10,12,14,17,19H,3-7,9,11H2,1-2H3. The largest absolute Gasteiger partial charge is 0.310 e. The summed E-state index contributed by atoms with van der Waals surface area (Å²) >= 11 is 0. The van der Waals surface area contributed by atoms with Crippen LogP contribution in [0.25, 0.3) is 0 Å². The molecule has 1 aliphatic carbocycles. The topological polar surface area (TPSA) is 12.0 Å². The van der Waals surface area contributed by atoms with Crippen molar-refractivity contribution < 1.29 is 4.39 Å². The molecule has 2 rings (SSSR count). The summed E-state index contributed by atoms with van der Waals surface area (Å²) in [7, 11) is 0. The fraction of sp³-hybridized carbons (Fsp3) is 0.647. The molecule has 1 aliphatic rings. The molecule has 1 unspecified atom stereocenters. The summed E-state index contributed by atoms with van der Waals surface area (Å²) in [5, 5.41) is 3.45. The molecule has 2 heteroatoms. The lowest BCUT2D eigenvalue weighted by atomic mass is 9.94. The van der Waals surface area contributed by atoms with Crippen LogP contribution in [0.1, 0.15) is 62.6 Å². The van der Waals surface area contributed by atoms with Crippen molar-refractivity contribution in [2.45, 2.75) is 58.4 Å². The average Bonchev–Trinajstić information content (AvgIpc) is 2.91. The minimum Gasteiger partial charge on any atom is -0.310 e. The van der Waals surface area contributed by atoms with Gasteiger partial charge in [0.05, 0.1) is 0 Å². The Morgan fingerprint density at radius 1 is 1.32 bits per heavy atom. The van der Waals surface area contributed by atoms with Crippen molar-refractivity contribution in [2.24, 2.45) is 5.92 Å². The normalized spacial score (nSPS) is 17.8. The highest BCUT2D eigenvalue weighted by Gasteiger charge is 2.19. The third-order valence-corrected chi connectivity index (χ3v) is 4.32. The first-order chi connectivity index (χ1) is 9.20. The molecule has 0 bridgehead atoms. The smallest absolute Gasteiger partial charge is 0.127 e. The van der Waals surface area contributed by atoms with Gasteiger partial charge >= 0.3 is 0 Å². The molecule has 0 radical (unpaired) electrons. The maximum absolute atomic E-state index is 14.0. The highest BCUT2D eigenvalue weighted by molar-refractivity contribution is 5.26. The Bertz CT molecular complexity index is 396. The SMILES string of the molecule is CCNC(CCC1CCCC1)c1cc(C)ccc1F. The average molecular weight is 263 g/mol. The van der Waals surface area contributed by atoms with Crippen LogP contribution >= 0.6 is 0 Å². The van der Waals surface area contributed by atoms with Crippen molar-refractivity contribution in [1.82, 2.24) is 5.32 Å². The zero-order chi connectivity index (χ0) is 13.7. The maximum atomic E-state index is 14.0. The molecule has 0 aliphatic heterocycles. The Hall–Kier alpha value is -0.890. The molecule has 0 spiro atoms. The van der Waals surface area contributed by atoms with Gasteiger partial charge in [-0.3, -0.25) is 0 Å². The molecule has 0 aromatic heterocycles. The predicted molar refractivity (Wildman–Crippen MR) is 78.7 cm³/mol. The lowest BCUT2D eigenvalue weighted by molar-refractivity contribution is 0.407. The van der Waals surface area contributed by atoms with Crippen LogP contribution in [0.15, 0.2) is 18.2 Å². The van der Waals surface area contributed by atoms with E-state index in [1.54, 1.807) is 6.07 Å². The quantitative estimate of drug-likeness (QED) is 0.780. The molecular weight excluding hydrogens is 237 g/mol. The monoisotopic (exact) mass is 263 g/mol. The number of hydrogen-bond donors (Lipinski definition) is 1. The summed E-state index contributed by atoms with van der Waals surface area (Å²) in [6.45, 7) is 5.02. The summed E-state index contributed by atoms with van der Waals surface area (Å²) in [6.07, 6.45) is 7.79. The second-order valence-corrected chi connectivity index (χ2v) is 5.86. The van der Waals surface area contributed by atoms with Crippen LogP contribution in [0, 0.1) is 18.7 Å². The Kier molecular flexibility index (Phi) is 5.38. The number of aryl methyl sites for hydroxylation is 1. The molecule has 19 heavy (non-hydrogen) atoms. The lowest BCUT2D eigenvalue weighted by Gasteiger charge is -2.21. The van der Waals surface area contributed by atoms with Gasteiger partial charge in [-0.15, -0.1) is 0 Å². The Labute approximate surface area is 116 Å². The Morgan fingerprint density at radius 3 is 2.74 bits per heavy atom. The van der Waals surface area contributed by atoms with E-state index in [1.165, 1.54) is 32.1 Å². The summed E-state index contributed by atoms with van der Waals surface area (Å²) < 4.78 is 14.0. The van der Waals surface area contributed by atoms with Crippen LogP contribution in [0.3, 0.4) is 0 Å². The van der Waals surface area contributed by atoms with Gasteiger partial charge in [0, 0.05) is 11.6 Å². The molecule has 1 saturated carbocycles. The predicted octanol–water partition coefficient (Wildman–Crippen LogP) is 4.76. The van der Waals surface area contributed by atoms with Gasteiger partial charge in [0.15, 0.2) is 0 Å². The van der Waals surface area contributed by atoms with Crippen LogP contribution in [-0.2, 0) is 0 Å². The highest BCUT2D eigenvalue weighted by Crippen LogP contribution is 2.32. The van der Waals surface area contributed by atoms with Gasteiger partial charge in [0.25, 0.3) is 0 Å². The second-order valence-electron chi connectivity index (χ2n) is 5.86. The van der Waals surface area contributed by atoms with Crippen molar-refractivity contribution in [1.29, 1.82) is 0 Å². The summed E-state index contributed by atoms with van der Waals surface area (Å²) in [5.41, 5.74) is 1.99. The van der Waals surface area contributed by atoms with Crippen molar-refractivity contribution >= 4 is 0 Å². The summed E-state index contributed by atoms with van der Waals surface area (Å²) in [4.78, 5) is 0. The zero-order valence-electron chi connectivity index (χ0n) is 12.2. The first kappa shape index (κ1) is 14.5. The number of hydrogen-bond acceptors (Lipinski definition) is 1. The molecule has 1 aromatic rings. The van der Waals surface area contributed by atoms with E-state index in [0.29, 0.717) is 0 Å². The fourth-order valence-corrected chi connectivity index (χ4v) is 3.25. The maximum Gasteiger partial charge on any atom is 0.127 e. The summed E-state index contributed by atoms with van der Waals surface area (Å²) in [5.74, 6) is 0.803. The number of halogens is 1. The van der Waals surface area contributed by atoms with Gasteiger partial charge in [-0.25, -0.2) is 4.39 Å². The van der Waals surface area contributed by atoms with Crippen molar-refractivity contribution in [2.75, 3.05) is 6.54 Å². The van der Waals surface area contributed by atoms with Gasteiger partial charge in [-0.2, -0.15) is 0 Å². The van der Waals surface area contributed by atoms with Crippen LogP contribution in [0.4, 0.5) is 4.39 Å². The van der Waals surface area contributed by atoms with E-state index < -0.39 is 0 Å². The van der Waals surface area contributed by atoms with Gasteiger partial charge in [0.1, 0.15) is 5.82 Å². The Balaban J connectivity index is 2.03.